The van der Waals surface area contributed by atoms with Crippen LogP contribution in [0.1, 0.15) is 18.9 Å². The molecule has 1 rings (SSSR count). The lowest BCUT2D eigenvalue weighted by molar-refractivity contribution is -0.116. The molecule has 0 atom stereocenters. The average molecular weight is 242 g/mol. The Kier molecular flexibility index (Phi) is 4.62. The van der Waals surface area contributed by atoms with E-state index in [1.165, 1.54) is 0 Å². The van der Waals surface area contributed by atoms with Gasteiger partial charge in [0.2, 0.25) is 0 Å². The van der Waals surface area contributed by atoms with E-state index in [1.807, 2.05) is 13.0 Å². The highest BCUT2D eigenvalue weighted by atomic mass is 35.5. The number of ketones is 1. The molecule has 1 N–H and O–H groups in total. The standard InChI is InChI=1S/C12H16ClNO2/c1-8-6-11(14-5-4-9(2)15)12(16-3)7-10(8)13/h6-7,14H,4-5H2,1-3H3. The first kappa shape index (κ1) is 12.8. The third kappa shape index (κ3) is 3.42. The van der Waals surface area contributed by atoms with E-state index in [9.17, 15) is 4.79 Å². The van der Waals surface area contributed by atoms with Crippen molar-refractivity contribution >= 4 is 23.1 Å². The monoisotopic (exact) mass is 241 g/mol. The number of carbonyl (C=O) groups is 1. The SMILES string of the molecule is COc1cc(Cl)c(C)cc1NCCC(C)=O. The topological polar surface area (TPSA) is 38.3 Å². The summed E-state index contributed by atoms with van der Waals surface area (Å²) in [4.78, 5) is 10.8. The van der Waals surface area contributed by atoms with Crippen molar-refractivity contribution in [2.24, 2.45) is 0 Å². The van der Waals surface area contributed by atoms with E-state index in [1.54, 1.807) is 20.1 Å². The van der Waals surface area contributed by atoms with Crippen LogP contribution in [0.5, 0.6) is 5.75 Å². The van der Waals surface area contributed by atoms with Gasteiger partial charge in [-0.3, -0.25) is 4.79 Å². The van der Waals surface area contributed by atoms with Crippen molar-refractivity contribution < 1.29 is 9.53 Å². The average Bonchev–Trinajstić information content (AvgIpc) is 2.22. The van der Waals surface area contributed by atoms with Crippen LogP contribution < -0.4 is 10.1 Å². The summed E-state index contributed by atoms with van der Waals surface area (Å²) in [6.07, 6.45) is 0.505. The Morgan fingerprint density at radius 1 is 1.50 bits per heavy atom. The Balaban J connectivity index is 2.77. The zero-order valence-electron chi connectivity index (χ0n) is 9.76. The zero-order valence-corrected chi connectivity index (χ0v) is 10.5. The van der Waals surface area contributed by atoms with E-state index in [-0.39, 0.29) is 5.78 Å². The summed E-state index contributed by atoms with van der Waals surface area (Å²) in [6.45, 7) is 4.11. The van der Waals surface area contributed by atoms with Crippen LogP contribution in [0.15, 0.2) is 12.1 Å². The van der Waals surface area contributed by atoms with Crippen LogP contribution in [0.2, 0.25) is 5.02 Å². The van der Waals surface area contributed by atoms with Crippen LogP contribution >= 0.6 is 11.6 Å². The molecule has 4 heteroatoms. The summed E-state index contributed by atoms with van der Waals surface area (Å²) in [5.41, 5.74) is 1.85. The Bertz CT molecular complexity index is 391. The highest BCUT2D eigenvalue weighted by molar-refractivity contribution is 6.31. The minimum Gasteiger partial charge on any atom is -0.495 e. The lowest BCUT2D eigenvalue weighted by atomic mass is 10.2. The summed E-state index contributed by atoms with van der Waals surface area (Å²) in [7, 11) is 1.59. The minimum atomic E-state index is 0.164. The van der Waals surface area contributed by atoms with Crippen molar-refractivity contribution in [1.29, 1.82) is 0 Å². The van der Waals surface area contributed by atoms with Gasteiger partial charge in [0, 0.05) is 24.1 Å². The number of aryl methyl sites for hydroxylation is 1. The molecule has 3 nitrogen and oxygen atoms in total. The van der Waals surface area contributed by atoms with Gasteiger partial charge in [-0.2, -0.15) is 0 Å². The number of hydrogen-bond donors (Lipinski definition) is 1. The van der Waals surface area contributed by atoms with E-state index in [0.29, 0.717) is 23.7 Å². The lowest BCUT2D eigenvalue weighted by Crippen LogP contribution is -2.07. The fourth-order valence-corrected chi connectivity index (χ4v) is 1.50. The summed E-state index contributed by atoms with van der Waals surface area (Å²) >= 11 is 5.99. The second-order valence-corrected chi connectivity index (χ2v) is 4.09. The van der Waals surface area contributed by atoms with Crippen molar-refractivity contribution in [1.82, 2.24) is 0 Å². The van der Waals surface area contributed by atoms with Gasteiger partial charge in [-0.05, 0) is 25.5 Å². The van der Waals surface area contributed by atoms with Gasteiger partial charge < -0.3 is 10.1 Å². The van der Waals surface area contributed by atoms with Gasteiger partial charge in [0.05, 0.1) is 12.8 Å². The Morgan fingerprint density at radius 2 is 2.19 bits per heavy atom. The first-order chi connectivity index (χ1) is 7.54. The molecule has 16 heavy (non-hydrogen) atoms. The minimum absolute atomic E-state index is 0.164. The number of rotatable bonds is 5. The number of anilines is 1. The molecular weight excluding hydrogens is 226 g/mol. The van der Waals surface area contributed by atoms with Crippen molar-refractivity contribution in [2.75, 3.05) is 19.0 Å². The lowest BCUT2D eigenvalue weighted by Gasteiger charge is -2.12. The van der Waals surface area contributed by atoms with Gasteiger partial charge in [0.1, 0.15) is 11.5 Å². The third-order valence-electron chi connectivity index (χ3n) is 2.27. The molecule has 0 amide bonds. The molecule has 0 aromatic heterocycles. The molecule has 0 saturated heterocycles. The van der Waals surface area contributed by atoms with Crippen LogP contribution in [-0.4, -0.2) is 19.4 Å². The normalized spacial score (nSPS) is 10.0. The molecule has 0 fully saturated rings. The number of halogens is 1. The van der Waals surface area contributed by atoms with Crippen LogP contribution in [-0.2, 0) is 4.79 Å². The first-order valence-electron chi connectivity index (χ1n) is 5.12. The summed E-state index contributed by atoms with van der Waals surface area (Å²) < 4.78 is 5.21. The largest absolute Gasteiger partial charge is 0.495 e. The second-order valence-electron chi connectivity index (χ2n) is 3.68. The molecule has 88 valence electrons. The third-order valence-corrected chi connectivity index (χ3v) is 2.68. The number of hydrogen-bond acceptors (Lipinski definition) is 3. The van der Waals surface area contributed by atoms with Gasteiger partial charge in [-0.1, -0.05) is 11.6 Å². The first-order valence-corrected chi connectivity index (χ1v) is 5.50. The molecule has 0 aliphatic heterocycles. The molecule has 0 heterocycles. The molecule has 0 unspecified atom stereocenters. The van der Waals surface area contributed by atoms with Crippen molar-refractivity contribution in [3.8, 4) is 5.75 Å². The number of Topliss-reactive ketones (excluding diaryl/α,β-unsaturated/α-hetero) is 1. The van der Waals surface area contributed by atoms with Gasteiger partial charge in [-0.25, -0.2) is 0 Å². The van der Waals surface area contributed by atoms with Crippen LogP contribution in [0, 0.1) is 6.92 Å². The van der Waals surface area contributed by atoms with Crippen molar-refractivity contribution in [3.63, 3.8) is 0 Å². The Hall–Kier alpha value is -1.22. The molecule has 1 aromatic carbocycles. The molecule has 0 saturated carbocycles. The van der Waals surface area contributed by atoms with Gasteiger partial charge in [0.15, 0.2) is 0 Å². The predicted octanol–water partition coefficient (Wildman–Crippen LogP) is 3.05. The fourth-order valence-electron chi connectivity index (χ4n) is 1.34. The van der Waals surface area contributed by atoms with E-state index < -0.39 is 0 Å². The maximum atomic E-state index is 10.8. The molecular formula is C12H16ClNO2. The quantitative estimate of drug-likeness (QED) is 0.861. The highest BCUT2D eigenvalue weighted by Gasteiger charge is 2.06. The molecule has 0 spiro atoms. The second kappa shape index (κ2) is 5.75. The van der Waals surface area contributed by atoms with Crippen LogP contribution in [0.3, 0.4) is 0 Å². The number of methoxy groups -OCH3 is 1. The maximum Gasteiger partial charge on any atom is 0.143 e. The van der Waals surface area contributed by atoms with E-state index in [4.69, 9.17) is 16.3 Å². The number of carbonyl (C=O) groups excluding carboxylic acids is 1. The van der Waals surface area contributed by atoms with E-state index in [2.05, 4.69) is 5.32 Å². The maximum absolute atomic E-state index is 10.8. The van der Waals surface area contributed by atoms with Gasteiger partial charge >= 0.3 is 0 Å². The number of ether oxygens (including phenoxy) is 1. The number of nitrogens with one attached hydrogen (secondary N) is 1. The van der Waals surface area contributed by atoms with Gasteiger partial charge in [-0.15, -0.1) is 0 Å². The summed E-state index contributed by atoms with van der Waals surface area (Å²) in [6, 6.07) is 3.69. The van der Waals surface area contributed by atoms with Crippen LogP contribution in [0.25, 0.3) is 0 Å². The highest BCUT2D eigenvalue weighted by Crippen LogP contribution is 2.30. The van der Waals surface area contributed by atoms with Crippen molar-refractivity contribution in [3.05, 3.63) is 22.7 Å². The molecule has 0 bridgehead atoms. The molecule has 1 aromatic rings. The molecule has 0 aliphatic rings. The Morgan fingerprint density at radius 3 is 2.75 bits per heavy atom. The van der Waals surface area contributed by atoms with Crippen LogP contribution in [0.4, 0.5) is 5.69 Å². The van der Waals surface area contributed by atoms with Crippen molar-refractivity contribution in [2.45, 2.75) is 20.3 Å². The molecule has 0 radical (unpaired) electrons. The zero-order chi connectivity index (χ0) is 12.1. The predicted molar refractivity (Wildman–Crippen MR) is 66.5 cm³/mol. The Labute approximate surface area is 101 Å². The van der Waals surface area contributed by atoms with Gasteiger partial charge in [0.25, 0.3) is 0 Å². The van der Waals surface area contributed by atoms with E-state index >= 15 is 0 Å². The number of benzene rings is 1. The smallest absolute Gasteiger partial charge is 0.143 e. The van der Waals surface area contributed by atoms with E-state index in [0.717, 1.165) is 11.3 Å². The summed E-state index contributed by atoms with van der Waals surface area (Å²) in [5, 5.41) is 3.83. The molecule has 0 aliphatic carbocycles. The summed E-state index contributed by atoms with van der Waals surface area (Å²) in [5.74, 6) is 0.858. The fraction of sp³-hybridized carbons (Fsp3) is 0.417.